The Morgan fingerprint density at radius 2 is 1.29 bits per heavy atom. The van der Waals surface area contributed by atoms with Crippen molar-refractivity contribution in [1.29, 1.82) is 0 Å². The Morgan fingerprint density at radius 1 is 0.708 bits per heavy atom. The number of carbonyl (C=O) groups is 1. The van der Waals surface area contributed by atoms with E-state index in [1.807, 2.05) is 48.5 Å². The molecular formula is C40H40Cl2N4O2. The number of hydrogen-bond acceptors (Lipinski definition) is 6. The molecule has 8 heteroatoms. The summed E-state index contributed by atoms with van der Waals surface area (Å²) in [5.74, 6) is 1.89. The third-order valence-corrected chi connectivity index (χ3v) is 12.2. The molecule has 4 N–H and O–H groups in total. The van der Waals surface area contributed by atoms with Crippen LogP contribution in [0.2, 0.25) is 10.0 Å². The summed E-state index contributed by atoms with van der Waals surface area (Å²) in [6, 6.07) is 15.7. The van der Waals surface area contributed by atoms with Crippen molar-refractivity contribution in [3.63, 3.8) is 0 Å². The van der Waals surface area contributed by atoms with Gasteiger partial charge in [0.2, 0.25) is 5.78 Å². The monoisotopic (exact) mass is 678 g/mol. The lowest BCUT2D eigenvalue weighted by molar-refractivity contribution is -0.109. The van der Waals surface area contributed by atoms with Crippen molar-refractivity contribution in [2.45, 2.75) is 77.5 Å². The molecule has 4 unspecified atom stereocenters. The van der Waals surface area contributed by atoms with Gasteiger partial charge in [-0.05, 0) is 86.5 Å². The summed E-state index contributed by atoms with van der Waals surface area (Å²) in [6.45, 7) is 9.18. The SMILES string of the molecule is CC1CC(C)CC2(C1)N=c1/c(=C3/C(=O)C(c4ccc5c(Cl)ccc6c5c4NC4(CC(C)CC(C)C4)N6)=C3O)ccc3c(Cl)ccc(c13)N2. The normalized spacial score (nSPS) is 31.8. The van der Waals surface area contributed by atoms with Gasteiger partial charge in [-0.25, -0.2) is 0 Å². The highest BCUT2D eigenvalue weighted by Gasteiger charge is 2.45. The second kappa shape index (κ2) is 10.4. The Balaban J connectivity index is 1.27. The van der Waals surface area contributed by atoms with Crippen LogP contribution in [0, 0.1) is 23.7 Å². The standard InChI is InChI=1S/C40H40Cl2N4O2/c1-19-13-20(2)16-39(15-19)43-29-11-9-27(41)23-5-7-25(35(45-39)31(23)29)33-37(47)34(38(33)48)26-8-6-24-28(42)10-12-30-32(24)36(26)46-40(44-30)17-21(3)14-22(4)18-40/h5-12,19-22,43-45,47H,13-18H2,1-4H3/b34-26+. The number of aliphatic hydroxyl groups excluding tert-OH is 1. The molecule has 2 spiro atoms. The lowest BCUT2D eigenvalue weighted by Gasteiger charge is -2.48. The molecule has 4 aromatic carbocycles. The Kier molecular flexibility index (Phi) is 6.56. The summed E-state index contributed by atoms with van der Waals surface area (Å²) < 4.78 is 0. The third-order valence-electron chi connectivity index (χ3n) is 11.5. The first-order valence-electron chi connectivity index (χ1n) is 17.4. The maximum absolute atomic E-state index is 14.5. The zero-order valence-corrected chi connectivity index (χ0v) is 29.2. The fourth-order valence-corrected chi connectivity index (χ4v) is 10.6. The second-order valence-electron chi connectivity index (χ2n) is 15.7. The molecule has 3 aliphatic carbocycles. The van der Waals surface area contributed by atoms with Gasteiger partial charge < -0.3 is 21.1 Å². The third kappa shape index (κ3) is 4.37. The molecule has 0 bridgehead atoms. The van der Waals surface area contributed by atoms with Crippen LogP contribution in [0.3, 0.4) is 0 Å². The number of aliphatic hydroxyl groups is 1. The largest absolute Gasteiger partial charge is 0.506 e. The van der Waals surface area contributed by atoms with Crippen molar-refractivity contribution in [3.05, 3.63) is 80.5 Å². The summed E-state index contributed by atoms with van der Waals surface area (Å²) in [6.07, 6.45) is 6.04. The number of nitrogens with zero attached hydrogens (tertiary/aromatic N) is 1. The van der Waals surface area contributed by atoms with E-state index in [0.717, 1.165) is 76.1 Å². The highest BCUT2D eigenvalue weighted by molar-refractivity contribution is 6.52. The molecule has 246 valence electrons. The maximum Gasteiger partial charge on any atom is 0.201 e. The number of nitrogens with one attached hydrogen (secondary N) is 3. The van der Waals surface area contributed by atoms with E-state index >= 15 is 0 Å². The number of allylic oxidation sites excluding steroid dienone is 2. The number of carbonyl (C=O) groups excluding carboxylic acids is 1. The van der Waals surface area contributed by atoms with E-state index in [0.29, 0.717) is 55.6 Å². The summed E-state index contributed by atoms with van der Waals surface area (Å²) >= 11 is 13.4. The molecule has 6 nitrogen and oxygen atoms in total. The van der Waals surface area contributed by atoms with E-state index in [2.05, 4.69) is 43.6 Å². The van der Waals surface area contributed by atoms with Crippen molar-refractivity contribution in [2.75, 3.05) is 16.0 Å². The van der Waals surface area contributed by atoms with Gasteiger partial charge in [-0.15, -0.1) is 0 Å². The first-order valence-corrected chi connectivity index (χ1v) is 18.1. The minimum atomic E-state index is -0.478. The summed E-state index contributed by atoms with van der Waals surface area (Å²) in [5, 5.41) is 29.8. The number of hydrogen-bond donors (Lipinski definition) is 4. The van der Waals surface area contributed by atoms with Crippen LogP contribution in [0.15, 0.2) is 59.3 Å². The van der Waals surface area contributed by atoms with Crippen molar-refractivity contribution in [1.82, 2.24) is 0 Å². The van der Waals surface area contributed by atoms with Crippen molar-refractivity contribution in [3.8, 4) is 0 Å². The predicted octanol–water partition coefficient (Wildman–Crippen LogP) is 9.19. The number of ketones is 1. The summed E-state index contributed by atoms with van der Waals surface area (Å²) in [4.78, 5) is 19.9. The molecule has 2 fully saturated rings. The topological polar surface area (TPSA) is 85.8 Å². The smallest absolute Gasteiger partial charge is 0.201 e. The van der Waals surface area contributed by atoms with Crippen molar-refractivity contribution < 1.29 is 9.90 Å². The number of benzene rings is 4. The Bertz CT molecular complexity index is 2260. The van der Waals surface area contributed by atoms with Crippen molar-refractivity contribution >= 4 is 78.7 Å². The van der Waals surface area contributed by atoms with Gasteiger partial charge in [0.1, 0.15) is 17.1 Å². The van der Waals surface area contributed by atoms with E-state index in [4.69, 9.17) is 28.2 Å². The van der Waals surface area contributed by atoms with Gasteiger partial charge in [0, 0.05) is 53.7 Å². The zero-order valence-electron chi connectivity index (χ0n) is 27.7. The van der Waals surface area contributed by atoms with Crippen LogP contribution in [-0.4, -0.2) is 22.2 Å². The minimum absolute atomic E-state index is 0.00582. The lowest BCUT2D eigenvalue weighted by Crippen LogP contribution is -2.53. The summed E-state index contributed by atoms with van der Waals surface area (Å²) in [5.41, 5.74) is 3.33. The van der Waals surface area contributed by atoms with Crippen LogP contribution in [0.5, 0.6) is 0 Å². The number of rotatable bonds is 1. The Labute approximate surface area is 290 Å². The summed E-state index contributed by atoms with van der Waals surface area (Å²) in [7, 11) is 0. The first-order chi connectivity index (χ1) is 22.9. The molecule has 4 aromatic rings. The Morgan fingerprint density at radius 3 is 1.94 bits per heavy atom. The van der Waals surface area contributed by atoms with Crippen LogP contribution in [-0.2, 0) is 4.79 Å². The van der Waals surface area contributed by atoms with Crippen LogP contribution >= 0.6 is 23.2 Å². The van der Waals surface area contributed by atoms with Gasteiger partial charge in [-0.2, -0.15) is 0 Å². The lowest BCUT2D eigenvalue weighted by atomic mass is 9.74. The second-order valence-corrected chi connectivity index (χ2v) is 16.5. The molecule has 0 saturated heterocycles. The van der Waals surface area contributed by atoms with E-state index in [9.17, 15) is 9.90 Å². The highest BCUT2D eigenvalue weighted by Crippen LogP contribution is 2.51. The molecule has 0 amide bonds. The molecular weight excluding hydrogens is 639 g/mol. The molecule has 9 rings (SSSR count). The van der Waals surface area contributed by atoms with Crippen LogP contribution in [0.25, 0.3) is 32.7 Å². The number of anilines is 3. The van der Waals surface area contributed by atoms with Crippen LogP contribution in [0.4, 0.5) is 17.1 Å². The predicted molar refractivity (Wildman–Crippen MR) is 197 cm³/mol. The van der Waals surface area contributed by atoms with E-state index < -0.39 is 5.66 Å². The average molecular weight is 680 g/mol. The van der Waals surface area contributed by atoms with Crippen LogP contribution < -0.4 is 26.5 Å². The molecule has 4 atom stereocenters. The van der Waals surface area contributed by atoms with Gasteiger partial charge in [-0.1, -0.05) is 75.2 Å². The quantitative estimate of drug-likeness (QED) is 0.161. The molecule has 48 heavy (non-hydrogen) atoms. The fourth-order valence-electron chi connectivity index (χ4n) is 10.2. The molecule has 0 radical (unpaired) electrons. The molecule has 2 saturated carbocycles. The number of halogens is 2. The molecule has 2 heterocycles. The highest BCUT2D eigenvalue weighted by atomic mass is 35.5. The van der Waals surface area contributed by atoms with Gasteiger partial charge in [0.15, 0.2) is 0 Å². The fraction of sp³-hybridized carbons (Fsp3) is 0.400. The maximum atomic E-state index is 14.5. The average Bonchev–Trinajstić information content (AvgIpc) is 3.01. The van der Waals surface area contributed by atoms with E-state index in [1.165, 1.54) is 6.42 Å². The zero-order chi connectivity index (χ0) is 33.3. The van der Waals surface area contributed by atoms with Crippen molar-refractivity contribution in [2.24, 2.45) is 28.7 Å². The van der Waals surface area contributed by atoms with Crippen LogP contribution in [0.1, 0.15) is 71.8 Å². The molecule has 5 aliphatic rings. The van der Waals surface area contributed by atoms with E-state index in [1.54, 1.807) is 0 Å². The van der Waals surface area contributed by atoms with Gasteiger partial charge in [-0.3, -0.25) is 9.79 Å². The number of Topliss-reactive ketones (excluding diaryl/α,β-unsaturated/α-hetero) is 1. The molecule has 2 aliphatic heterocycles. The van der Waals surface area contributed by atoms with Gasteiger partial charge in [0.25, 0.3) is 0 Å². The van der Waals surface area contributed by atoms with Gasteiger partial charge in [0.05, 0.1) is 22.2 Å². The minimum Gasteiger partial charge on any atom is -0.506 e. The molecule has 0 aromatic heterocycles. The first kappa shape index (κ1) is 30.3. The van der Waals surface area contributed by atoms with E-state index in [-0.39, 0.29) is 17.2 Å². The Hall–Kier alpha value is -3.74. The van der Waals surface area contributed by atoms with Gasteiger partial charge >= 0.3 is 0 Å².